The van der Waals surface area contributed by atoms with Gasteiger partial charge in [-0.1, -0.05) is 19.3 Å². The van der Waals surface area contributed by atoms with Crippen molar-refractivity contribution in [2.24, 2.45) is 0 Å². The molecule has 2 aliphatic rings. The van der Waals surface area contributed by atoms with Gasteiger partial charge in [0.1, 0.15) is 10.7 Å². The molecule has 0 aromatic carbocycles. The molecule has 2 aromatic rings. The summed E-state index contributed by atoms with van der Waals surface area (Å²) < 4.78 is 0. The predicted octanol–water partition coefficient (Wildman–Crippen LogP) is 4.21. The van der Waals surface area contributed by atoms with Crippen molar-refractivity contribution in [2.45, 2.75) is 76.0 Å². The number of thiophene rings is 1. The summed E-state index contributed by atoms with van der Waals surface area (Å²) in [6.07, 6.45) is 11.6. The van der Waals surface area contributed by atoms with E-state index in [1.165, 1.54) is 49.0 Å². The number of nitrogens with zero attached hydrogens (tertiary/aromatic N) is 3. The number of hydrogen-bond donors (Lipinski definition) is 1. The summed E-state index contributed by atoms with van der Waals surface area (Å²) in [4.78, 5) is 39.4. The number of rotatable bonds is 9. The van der Waals surface area contributed by atoms with Crippen molar-refractivity contribution in [1.29, 1.82) is 0 Å². The van der Waals surface area contributed by atoms with E-state index in [0.29, 0.717) is 18.2 Å². The number of hydrogen-bond acceptors (Lipinski definition) is 6. The molecule has 0 radical (unpaired) electrons. The van der Waals surface area contributed by atoms with E-state index in [0.717, 1.165) is 54.1 Å². The Kier molecular flexibility index (Phi) is 8.29. The molecule has 6 nitrogen and oxygen atoms in total. The Morgan fingerprint density at radius 1 is 1.12 bits per heavy atom. The van der Waals surface area contributed by atoms with Crippen LogP contribution in [0.25, 0.3) is 10.2 Å². The van der Waals surface area contributed by atoms with E-state index in [-0.39, 0.29) is 11.5 Å². The van der Waals surface area contributed by atoms with Crippen LogP contribution in [0.2, 0.25) is 0 Å². The third-order valence-corrected chi connectivity index (χ3v) is 9.14. The number of aromatic nitrogens is 2. The minimum atomic E-state index is 0.00268. The van der Waals surface area contributed by atoms with Gasteiger partial charge in [0.25, 0.3) is 5.56 Å². The van der Waals surface area contributed by atoms with Crippen molar-refractivity contribution < 1.29 is 4.79 Å². The molecule has 0 unspecified atom stereocenters. The highest BCUT2D eigenvalue weighted by molar-refractivity contribution is 7.98. The Bertz CT molecular complexity index is 980. The Hall–Kier alpha value is -1.38. The monoisotopic (exact) mass is 476 g/mol. The van der Waals surface area contributed by atoms with Crippen LogP contribution >= 0.6 is 23.1 Å². The molecule has 2 aliphatic carbocycles. The minimum Gasteiger partial charge on any atom is -0.344 e. The van der Waals surface area contributed by atoms with Crippen LogP contribution in [-0.4, -0.2) is 64.7 Å². The standard InChI is InChI=1S/C24H36N4O2S2/c1-27(17-8-4-3-5-9-17)13-14-28(2)21(29)12-15-31-16-20-25-23(30)22-18-10-6-7-11-19(18)32-24(22)26-20/h17H,3-16H2,1-2H3,(H,25,26,30). The number of nitrogens with one attached hydrogen (secondary N) is 1. The van der Waals surface area contributed by atoms with E-state index in [2.05, 4.69) is 16.9 Å². The number of likely N-dealkylation sites (N-methyl/N-ethyl adjacent to an activating group) is 2. The third-order valence-electron chi connectivity index (χ3n) is 6.99. The van der Waals surface area contributed by atoms with Crippen molar-refractivity contribution in [3.8, 4) is 0 Å². The number of carbonyl (C=O) groups excluding carboxylic acids is 1. The van der Waals surface area contributed by atoms with Gasteiger partial charge in [0.05, 0.1) is 11.1 Å². The molecule has 1 N–H and O–H groups in total. The van der Waals surface area contributed by atoms with Gasteiger partial charge in [0, 0.05) is 43.2 Å². The SMILES string of the molecule is CN(CCN(C)C1CCCCC1)C(=O)CCSCc1nc2sc3c(c2c(=O)[nH]1)CCCC3. The molecule has 8 heteroatoms. The first-order chi connectivity index (χ1) is 15.5. The molecule has 4 rings (SSSR count). The molecule has 1 saturated carbocycles. The highest BCUT2D eigenvalue weighted by Gasteiger charge is 2.20. The summed E-state index contributed by atoms with van der Waals surface area (Å²) in [5.74, 6) is 2.29. The van der Waals surface area contributed by atoms with Gasteiger partial charge < -0.3 is 14.8 Å². The molecular formula is C24H36N4O2S2. The van der Waals surface area contributed by atoms with Crippen LogP contribution in [-0.2, 0) is 23.4 Å². The van der Waals surface area contributed by atoms with E-state index < -0.39 is 0 Å². The molecule has 2 heterocycles. The first kappa shape index (κ1) is 23.8. The zero-order chi connectivity index (χ0) is 22.5. The summed E-state index contributed by atoms with van der Waals surface area (Å²) in [7, 11) is 4.10. The highest BCUT2D eigenvalue weighted by Crippen LogP contribution is 2.33. The summed E-state index contributed by atoms with van der Waals surface area (Å²) in [6, 6.07) is 0.684. The summed E-state index contributed by atoms with van der Waals surface area (Å²) in [5.41, 5.74) is 1.23. The Balaban J connectivity index is 1.21. The zero-order valence-corrected chi connectivity index (χ0v) is 21.1. The van der Waals surface area contributed by atoms with Crippen LogP contribution in [0.15, 0.2) is 4.79 Å². The number of carbonyl (C=O) groups is 1. The number of thioether (sulfide) groups is 1. The molecule has 176 valence electrons. The molecule has 0 spiro atoms. The van der Waals surface area contributed by atoms with Gasteiger partial charge in [0.15, 0.2) is 0 Å². The van der Waals surface area contributed by atoms with Crippen molar-refractivity contribution in [3.05, 3.63) is 26.6 Å². The molecule has 0 atom stereocenters. The molecular weight excluding hydrogens is 440 g/mol. The van der Waals surface area contributed by atoms with Crippen LogP contribution in [0.3, 0.4) is 0 Å². The van der Waals surface area contributed by atoms with E-state index in [1.54, 1.807) is 23.1 Å². The maximum Gasteiger partial charge on any atom is 0.259 e. The van der Waals surface area contributed by atoms with Gasteiger partial charge in [-0.05, 0) is 51.1 Å². The third kappa shape index (κ3) is 5.75. The number of H-pyrrole nitrogens is 1. The molecule has 1 fully saturated rings. The fourth-order valence-corrected chi connectivity index (χ4v) is 7.01. The number of aryl methyl sites for hydroxylation is 2. The predicted molar refractivity (Wildman–Crippen MR) is 135 cm³/mol. The van der Waals surface area contributed by atoms with Crippen molar-refractivity contribution >= 4 is 39.2 Å². The highest BCUT2D eigenvalue weighted by atomic mass is 32.2. The Labute approximate surface area is 199 Å². The lowest BCUT2D eigenvalue weighted by atomic mass is 9.94. The fourth-order valence-electron chi connectivity index (χ4n) is 4.93. The second kappa shape index (κ2) is 11.2. The molecule has 1 amide bonds. The maximum atomic E-state index is 12.6. The molecule has 0 bridgehead atoms. The normalized spacial score (nSPS) is 17.1. The van der Waals surface area contributed by atoms with Gasteiger partial charge >= 0.3 is 0 Å². The smallest absolute Gasteiger partial charge is 0.259 e. The number of aromatic amines is 1. The Morgan fingerprint density at radius 3 is 2.72 bits per heavy atom. The minimum absolute atomic E-state index is 0.00268. The largest absolute Gasteiger partial charge is 0.344 e. The van der Waals surface area contributed by atoms with Gasteiger partial charge in [-0.15, -0.1) is 11.3 Å². The maximum absolute atomic E-state index is 12.6. The van der Waals surface area contributed by atoms with Crippen molar-refractivity contribution in [3.63, 3.8) is 0 Å². The van der Waals surface area contributed by atoms with Crippen LogP contribution < -0.4 is 5.56 Å². The van der Waals surface area contributed by atoms with E-state index in [1.807, 2.05) is 11.9 Å². The lowest BCUT2D eigenvalue weighted by Crippen LogP contribution is -2.40. The fraction of sp³-hybridized carbons (Fsp3) is 0.708. The summed E-state index contributed by atoms with van der Waals surface area (Å²) in [6.45, 7) is 1.72. The van der Waals surface area contributed by atoms with Gasteiger partial charge in [-0.25, -0.2) is 4.98 Å². The first-order valence-corrected chi connectivity index (χ1v) is 14.1. The number of amides is 1. The molecule has 32 heavy (non-hydrogen) atoms. The van der Waals surface area contributed by atoms with E-state index in [4.69, 9.17) is 4.98 Å². The molecule has 0 aliphatic heterocycles. The van der Waals surface area contributed by atoms with E-state index in [9.17, 15) is 9.59 Å². The van der Waals surface area contributed by atoms with Crippen LogP contribution in [0.4, 0.5) is 0 Å². The quantitative estimate of drug-likeness (QED) is 0.549. The summed E-state index contributed by atoms with van der Waals surface area (Å²) in [5, 5.41) is 0.813. The van der Waals surface area contributed by atoms with Gasteiger partial charge in [-0.3, -0.25) is 9.59 Å². The lowest BCUT2D eigenvalue weighted by molar-refractivity contribution is -0.129. The summed E-state index contributed by atoms with van der Waals surface area (Å²) >= 11 is 3.35. The molecule has 0 saturated heterocycles. The van der Waals surface area contributed by atoms with Crippen LogP contribution in [0.5, 0.6) is 0 Å². The average Bonchev–Trinajstić information content (AvgIpc) is 3.19. The average molecular weight is 477 g/mol. The lowest BCUT2D eigenvalue weighted by Gasteiger charge is -2.32. The van der Waals surface area contributed by atoms with Crippen LogP contribution in [0, 0.1) is 0 Å². The van der Waals surface area contributed by atoms with E-state index >= 15 is 0 Å². The van der Waals surface area contributed by atoms with Gasteiger partial charge in [-0.2, -0.15) is 11.8 Å². The van der Waals surface area contributed by atoms with Crippen molar-refractivity contribution in [2.75, 3.05) is 32.9 Å². The first-order valence-electron chi connectivity index (χ1n) is 12.1. The zero-order valence-electron chi connectivity index (χ0n) is 19.5. The topological polar surface area (TPSA) is 69.3 Å². The number of fused-ring (bicyclic) bond motifs is 3. The van der Waals surface area contributed by atoms with Gasteiger partial charge in [0.2, 0.25) is 5.91 Å². The Morgan fingerprint density at radius 2 is 1.91 bits per heavy atom. The second-order valence-electron chi connectivity index (χ2n) is 9.29. The van der Waals surface area contributed by atoms with Crippen molar-refractivity contribution in [1.82, 2.24) is 19.8 Å². The van der Waals surface area contributed by atoms with Crippen LogP contribution in [0.1, 0.15) is 67.6 Å². The molecule has 2 aromatic heterocycles. The second-order valence-corrected chi connectivity index (χ2v) is 11.5.